The third kappa shape index (κ3) is 10.5. The predicted octanol–water partition coefficient (Wildman–Crippen LogP) is 6.45. The summed E-state index contributed by atoms with van der Waals surface area (Å²) in [7, 11) is 0. The molecule has 5 aromatic rings. The number of carbonyl (C=O) groups is 2. The number of rotatable bonds is 4. The van der Waals surface area contributed by atoms with Crippen molar-refractivity contribution in [3.8, 4) is 28.3 Å². The lowest BCUT2D eigenvalue weighted by Crippen LogP contribution is -2.46. The summed E-state index contributed by atoms with van der Waals surface area (Å²) in [5.74, 6) is 5.97. The largest absolute Gasteiger partial charge is 0.424 e. The SMILES string of the molecule is NN1CCCCC1.O=C(NN1CCCCC1)n1cnc(-c2ccccc2)c1.O=C(Oc1ccccc1)n1cnc(-c2ccccc2)c1. The van der Waals surface area contributed by atoms with Crippen molar-refractivity contribution in [2.45, 2.75) is 38.5 Å². The number of carbonyl (C=O) groups excluding carboxylic acids is 2. The molecule has 2 aromatic heterocycles. The second-order valence-electron chi connectivity index (χ2n) is 11.3. The summed E-state index contributed by atoms with van der Waals surface area (Å²) in [6.45, 7) is 4.04. The van der Waals surface area contributed by atoms with Crippen molar-refractivity contribution in [3.05, 3.63) is 116 Å². The molecule has 0 aliphatic carbocycles. The molecule has 11 heteroatoms. The molecule has 2 saturated heterocycles. The fourth-order valence-electron chi connectivity index (χ4n) is 5.13. The van der Waals surface area contributed by atoms with Gasteiger partial charge in [0.15, 0.2) is 0 Å². The van der Waals surface area contributed by atoms with Crippen LogP contribution in [0, 0.1) is 0 Å². The van der Waals surface area contributed by atoms with Crippen LogP contribution in [0.1, 0.15) is 38.5 Å². The summed E-state index contributed by atoms with van der Waals surface area (Å²) in [6.07, 6.45) is 13.4. The molecule has 2 aliphatic rings. The second-order valence-corrected chi connectivity index (χ2v) is 11.3. The van der Waals surface area contributed by atoms with Crippen LogP contribution < -0.4 is 16.0 Å². The Balaban J connectivity index is 0.000000153. The second kappa shape index (κ2) is 17.6. The van der Waals surface area contributed by atoms with Gasteiger partial charge >= 0.3 is 12.1 Å². The van der Waals surface area contributed by atoms with E-state index in [4.69, 9.17) is 10.6 Å². The highest BCUT2D eigenvalue weighted by Gasteiger charge is 2.15. The number of hydrazine groups is 2. The molecule has 11 nitrogen and oxygen atoms in total. The average Bonchev–Trinajstić information content (AvgIpc) is 3.83. The number of ether oxygens (including phenoxy) is 1. The van der Waals surface area contributed by atoms with Gasteiger partial charge in [0, 0.05) is 49.7 Å². The highest BCUT2D eigenvalue weighted by atomic mass is 16.6. The number of nitrogens with zero attached hydrogens (tertiary/aromatic N) is 6. The molecule has 2 aliphatic heterocycles. The number of aromatic nitrogens is 4. The summed E-state index contributed by atoms with van der Waals surface area (Å²) in [5.41, 5.74) is 6.42. The Morgan fingerprint density at radius 2 is 1.09 bits per heavy atom. The number of piperidine rings is 2. The van der Waals surface area contributed by atoms with E-state index in [1.807, 2.05) is 88.9 Å². The van der Waals surface area contributed by atoms with Gasteiger partial charge in [0.1, 0.15) is 18.4 Å². The molecule has 244 valence electrons. The third-order valence-corrected chi connectivity index (χ3v) is 7.70. The Kier molecular flexibility index (Phi) is 12.4. The molecule has 0 bridgehead atoms. The first-order chi connectivity index (χ1) is 23.0. The molecule has 0 unspecified atom stereocenters. The van der Waals surface area contributed by atoms with Gasteiger partial charge in [-0.05, 0) is 37.8 Å². The van der Waals surface area contributed by atoms with E-state index in [-0.39, 0.29) is 6.03 Å². The monoisotopic (exact) mass is 634 g/mol. The van der Waals surface area contributed by atoms with Crippen molar-refractivity contribution in [1.29, 1.82) is 0 Å². The Labute approximate surface area is 275 Å². The van der Waals surface area contributed by atoms with Crippen LogP contribution in [-0.4, -0.2) is 67.4 Å². The number of nitrogens with one attached hydrogen (secondary N) is 1. The van der Waals surface area contributed by atoms with Crippen LogP contribution in [0.5, 0.6) is 5.75 Å². The molecule has 0 radical (unpaired) electrons. The quantitative estimate of drug-likeness (QED) is 0.216. The van der Waals surface area contributed by atoms with Crippen LogP contribution in [0.15, 0.2) is 116 Å². The maximum absolute atomic E-state index is 12.1. The lowest BCUT2D eigenvalue weighted by molar-refractivity contribution is 0.155. The zero-order chi connectivity index (χ0) is 32.7. The van der Waals surface area contributed by atoms with Crippen molar-refractivity contribution in [3.63, 3.8) is 0 Å². The van der Waals surface area contributed by atoms with Gasteiger partial charge in [0.2, 0.25) is 0 Å². The Morgan fingerprint density at radius 3 is 1.60 bits per heavy atom. The maximum atomic E-state index is 12.1. The predicted molar refractivity (Wildman–Crippen MR) is 182 cm³/mol. The standard InChI is InChI=1S/C16H12N2O2.C15H18N4O.C5H12N2/c19-16(20-14-9-5-2-6-10-14)18-11-15(17-12-18)13-7-3-1-4-8-13;20-15(17-19-9-5-2-6-10-19)18-11-14(16-12-18)13-7-3-1-4-8-13;6-7-4-2-1-3-5-7/h1-12H;1,3-4,7-8,11-12H,2,5-6,9-10H2,(H,17,20);1-6H2. The van der Waals surface area contributed by atoms with Crippen LogP contribution in [0.3, 0.4) is 0 Å². The first-order valence-corrected chi connectivity index (χ1v) is 16.1. The highest BCUT2D eigenvalue weighted by Crippen LogP contribution is 2.18. The van der Waals surface area contributed by atoms with E-state index < -0.39 is 6.09 Å². The van der Waals surface area contributed by atoms with Crippen molar-refractivity contribution in [1.82, 2.24) is 34.5 Å². The van der Waals surface area contributed by atoms with E-state index in [0.29, 0.717) is 5.75 Å². The molecule has 0 spiro atoms. The molecule has 3 N–H and O–H groups in total. The molecule has 47 heavy (non-hydrogen) atoms. The van der Waals surface area contributed by atoms with E-state index in [1.165, 1.54) is 41.1 Å². The molecule has 4 heterocycles. The van der Waals surface area contributed by atoms with Crippen molar-refractivity contribution in [2.75, 3.05) is 26.2 Å². The minimum absolute atomic E-state index is 0.151. The maximum Gasteiger partial charge on any atom is 0.424 e. The van der Waals surface area contributed by atoms with Crippen LogP contribution in [0.25, 0.3) is 22.5 Å². The number of hydrogen-bond donors (Lipinski definition) is 2. The van der Waals surface area contributed by atoms with Crippen LogP contribution in [-0.2, 0) is 0 Å². The summed E-state index contributed by atoms with van der Waals surface area (Å²) >= 11 is 0. The molecule has 1 amide bonds. The molecule has 7 rings (SSSR count). The van der Waals surface area contributed by atoms with E-state index in [2.05, 4.69) is 15.4 Å². The Bertz CT molecular complexity index is 1650. The summed E-state index contributed by atoms with van der Waals surface area (Å²) in [6, 6.07) is 28.3. The summed E-state index contributed by atoms with van der Waals surface area (Å²) < 4.78 is 8.06. The molecular formula is C36H42N8O3. The molecular weight excluding hydrogens is 592 g/mol. The van der Waals surface area contributed by atoms with Crippen molar-refractivity contribution in [2.24, 2.45) is 5.84 Å². The average molecular weight is 635 g/mol. The zero-order valence-corrected chi connectivity index (χ0v) is 26.5. The van der Waals surface area contributed by atoms with Gasteiger partial charge in [-0.15, -0.1) is 0 Å². The topological polar surface area (TPSA) is 124 Å². The Morgan fingerprint density at radius 1 is 0.617 bits per heavy atom. The number of benzene rings is 3. The zero-order valence-electron chi connectivity index (χ0n) is 26.5. The van der Waals surface area contributed by atoms with Gasteiger partial charge in [0.25, 0.3) is 0 Å². The summed E-state index contributed by atoms with van der Waals surface area (Å²) in [5, 5.41) is 3.87. The first kappa shape index (κ1) is 33.3. The van der Waals surface area contributed by atoms with Gasteiger partial charge < -0.3 is 4.74 Å². The van der Waals surface area contributed by atoms with E-state index in [1.54, 1.807) is 30.9 Å². The number of hydrogen-bond acceptors (Lipinski definition) is 8. The normalized spacial score (nSPS) is 14.9. The fourth-order valence-corrected chi connectivity index (χ4v) is 5.13. The Hall–Kier alpha value is -5.10. The smallest absolute Gasteiger partial charge is 0.410 e. The van der Waals surface area contributed by atoms with Gasteiger partial charge in [-0.1, -0.05) is 91.7 Å². The van der Waals surface area contributed by atoms with E-state index in [0.717, 1.165) is 61.5 Å². The number of imidazole rings is 2. The lowest BCUT2D eigenvalue weighted by atomic mass is 10.2. The fraction of sp³-hybridized carbons (Fsp3) is 0.278. The number of nitrogens with two attached hydrogens (primary N) is 1. The molecule has 0 atom stereocenters. The first-order valence-electron chi connectivity index (χ1n) is 16.1. The van der Waals surface area contributed by atoms with E-state index >= 15 is 0 Å². The van der Waals surface area contributed by atoms with Crippen molar-refractivity contribution >= 4 is 12.1 Å². The van der Waals surface area contributed by atoms with Crippen LogP contribution in [0.2, 0.25) is 0 Å². The summed E-state index contributed by atoms with van der Waals surface area (Å²) in [4.78, 5) is 32.6. The van der Waals surface area contributed by atoms with Gasteiger partial charge in [0.05, 0.1) is 11.4 Å². The van der Waals surface area contributed by atoms with Crippen LogP contribution >= 0.6 is 0 Å². The molecule has 3 aromatic carbocycles. The lowest BCUT2D eigenvalue weighted by Gasteiger charge is -2.26. The van der Waals surface area contributed by atoms with Crippen LogP contribution in [0.4, 0.5) is 9.59 Å². The number of para-hydroxylation sites is 1. The third-order valence-electron chi connectivity index (χ3n) is 7.70. The highest BCUT2D eigenvalue weighted by molar-refractivity contribution is 5.77. The minimum atomic E-state index is -0.481. The van der Waals surface area contributed by atoms with Crippen molar-refractivity contribution < 1.29 is 14.3 Å². The minimum Gasteiger partial charge on any atom is -0.410 e. The van der Waals surface area contributed by atoms with Gasteiger partial charge in [-0.3, -0.25) is 15.8 Å². The number of amides is 1. The molecule has 0 saturated carbocycles. The van der Waals surface area contributed by atoms with Gasteiger partial charge in [-0.2, -0.15) is 0 Å². The van der Waals surface area contributed by atoms with Gasteiger partial charge in [-0.25, -0.2) is 34.1 Å². The molecule has 2 fully saturated rings. The van der Waals surface area contributed by atoms with E-state index in [9.17, 15) is 9.59 Å².